The van der Waals surface area contributed by atoms with Crippen molar-refractivity contribution in [1.29, 1.82) is 0 Å². The number of fused-ring (bicyclic) bond motifs is 2. The minimum Gasteiger partial charge on any atom is -0.321 e. The number of carbonyl (C=O) groups is 2. The number of nitrogens with one attached hydrogen (secondary N) is 1. The summed E-state index contributed by atoms with van der Waals surface area (Å²) in [4.78, 5) is 28.3. The number of hydrogen-bond donors (Lipinski definition) is 1. The summed E-state index contributed by atoms with van der Waals surface area (Å²) in [6.07, 6.45) is 5.18. The van der Waals surface area contributed by atoms with Crippen LogP contribution in [0.1, 0.15) is 22.8 Å². The largest absolute Gasteiger partial charge is 0.321 e. The first-order valence-corrected chi connectivity index (χ1v) is 7.24. The van der Waals surface area contributed by atoms with E-state index < -0.39 is 0 Å². The Hall–Kier alpha value is -3.21. The van der Waals surface area contributed by atoms with E-state index in [9.17, 15) is 9.59 Å². The zero-order valence-corrected chi connectivity index (χ0v) is 12.4. The maximum atomic E-state index is 12.2. The molecule has 1 N–H and O–H groups in total. The van der Waals surface area contributed by atoms with Gasteiger partial charge in [0.15, 0.2) is 0 Å². The summed E-state index contributed by atoms with van der Waals surface area (Å²) in [6, 6.07) is 11.3. The van der Waals surface area contributed by atoms with Gasteiger partial charge in [-0.1, -0.05) is 18.2 Å². The molecule has 1 aliphatic rings. The van der Waals surface area contributed by atoms with E-state index in [0.29, 0.717) is 11.2 Å². The van der Waals surface area contributed by atoms with E-state index in [1.807, 2.05) is 42.5 Å². The molecule has 0 atom stereocenters. The number of aromatic nitrogens is 2. The molecule has 5 heteroatoms. The van der Waals surface area contributed by atoms with Crippen LogP contribution in [0.5, 0.6) is 0 Å². The van der Waals surface area contributed by atoms with Gasteiger partial charge in [0, 0.05) is 47.1 Å². The van der Waals surface area contributed by atoms with Crippen LogP contribution in [0.25, 0.3) is 22.7 Å². The Morgan fingerprint density at radius 2 is 2.04 bits per heavy atom. The standard InChI is InChI=1S/C18H13N3O2/c1-11(22)21-10-12(13-6-4-8-19-17(13)21)9-15-14-5-2-3-7-16(14)20-18(15)23/h2-10H,1H3,(H,20,23)/b15-9-. The van der Waals surface area contributed by atoms with Crippen LogP contribution in [0.4, 0.5) is 5.69 Å². The lowest BCUT2D eigenvalue weighted by Crippen LogP contribution is -2.04. The predicted octanol–water partition coefficient (Wildman–Crippen LogP) is 3.19. The number of amides is 1. The van der Waals surface area contributed by atoms with Gasteiger partial charge in [-0.2, -0.15) is 0 Å². The summed E-state index contributed by atoms with van der Waals surface area (Å²) >= 11 is 0. The van der Waals surface area contributed by atoms with Gasteiger partial charge in [0.25, 0.3) is 5.91 Å². The van der Waals surface area contributed by atoms with Crippen molar-refractivity contribution in [2.45, 2.75) is 6.92 Å². The Kier molecular flexibility index (Phi) is 2.87. The average Bonchev–Trinajstić information content (AvgIpc) is 3.07. The summed E-state index contributed by atoms with van der Waals surface area (Å²) in [5.41, 5.74) is 3.65. The van der Waals surface area contributed by atoms with Gasteiger partial charge in [0.2, 0.25) is 5.91 Å². The molecule has 0 fully saturated rings. The molecule has 3 aromatic rings. The molecule has 1 amide bonds. The maximum absolute atomic E-state index is 12.2. The molecule has 0 saturated carbocycles. The molecular weight excluding hydrogens is 290 g/mol. The van der Waals surface area contributed by atoms with Crippen LogP contribution < -0.4 is 5.32 Å². The van der Waals surface area contributed by atoms with Crippen molar-refractivity contribution in [2.75, 3.05) is 5.32 Å². The van der Waals surface area contributed by atoms with Crippen molar-refractivity contribution in [2.24, 2.45) is 0 Å². The first-order chi connectivity index (χ1) is 11.1. The number of carbonyl (C=O) groups excluding carboxylic acids is 2. The van der Waals surface area contributed by atoms with Crippen LogP contribution in [-0.4, -0.2) is 21.4 Å². The highest BCUT2D eigenvalue weighted by molar-refractivity contribution is 6.35. The van der Waals surface area contributed by atoms with Gasteiger partial charge in [0.1, 0.15) is 5.65 Å². The lowest BCUT2D eigenvalue weighted by atomic mass is 10.0. The SMILES string of the molecule is CC(=O)n1cc(/C=C2\C(=O)Nc3ccccc32)c2cccnc21. The normalized spacial score (nSPS) is 15.0. The third kappa shape index (κ3) is 2.05. The third-order valence-electron chi connectivity index (χ3n) is 3.94. The van der Waals surface area contributed by atoms with E-state index in [2.05, 4.69) is 10.3 Å². The van der Waals surface area contributed by atoms with E-state index in [4.69, 9.17) is 0 Å². The molecule has 23 heavy (non-hydrogen) atoms. The summed E-state index contributed by atoms with van der Waals surface area (Å²) < 4.78 is 1.50. The highest BCUT2D eigenvalue weighted by atomic mass is 16.2. The Balaban J connectivity index is 1.94. The van der Waals surface area contributed by atoms with E-state index >= 15 is 0 Å². The summed E-state index contributed by atoms with van der Waals surface area (Å²) in [7, 11) is 0. The van der Waals surface area contributed by atoms with Crippen LogP contribution in [0, 0.1) is 0 Å². The molecule has 5 nitrogen and oxygen atoms in total. The second kappa shape index (κ2) is 4.91. The van der Waals surface area contributed by atoms with E-state index in [1.165, 1.54) is 11.5 Å². The minimum atomic E-state index is -0.140. The number of para-hydroxylation sites is 1. The number of nitrogens with zero attached hydrogens (tertiary/aromatic N) is 2. The second-order valence-corrected chi connectivity index (χ2v) is 5.41. The molecule has 2 aromatic heterocycles. The van der Waals surface area contributed by atoms with Crippen LogP contribution in [0.15, 0.2) is 48.8 Å². The highest BCUT2D eigenvalue weighted by Gasteiger charge is 2.24. The number of benzene rings is 1. The van der Waals surface area contributed by atoms with Gasteiger partial charge in [-0.25, -0.2) is 4.98 Å². The van der Waals surface area contributed by atoms with Crippen molar-refractivity contribution in [3.63, 3.8) is 0 Å². The van der Waals surface area contributed by atoms with Gasteiger partial charge in [-0.3, -0.25) is 14.2 Å². The molecule has 0 unspecified atom stereocenters. The van der Waals surface area contributed by atoms with Crippen LogP contribution in [0.2, 0.25) is 0 Å². The van der Waals surface area contributed by atoms with Gasteiger partial charge in [-0.05, 0) is 24.3 Å². The first-order valence-electron chi connectivity index (χ1n) is 7.24. The molecule has 112 valence electrons. The molecule has 0 spiro atoms. The molecule has 0 bridgehead atoms. The molecule has 0 radical (unpaired) electrons. The van der Waals surface area contributed by atoms with Crippen LogP contribution in [-0.2, 0) is 4.79 Å². The van der Waals surface area contributed by atoms with Gasteiger partial charge < -0.3 is 5.32 Å². The van der Waals surface area contributed by atoms with E-state index in [0.717, 1.165) is 22.2 Å². The van der Waals surface area contributed by atoms with Crippen LogP contribution in [0.3, 0.4) is 0 Å². The smallest absolute Gasteiger partial charge is 0.256 e. The zero-order chi connectivity index (χ0) is 16.0. The molecule has 4 rings (SSSR count). The zero-order valence-electron chi connectivity index (χ0n) is 12.4. The number of rotatable bonds is 1. The highest BCUT2D eigenvalue weighted by Crippen LogP contribution is 2.34. The lowest BCUT2D eigenvalue weighted by Gasteiger charge is -1.97. The number of hydrogen-bond acceptors (Lipinski definition) is 3. The van der Waals surface area contributed by atoms with Crippen molar-refractivity contribution in [1.82, 2.24) is 9.55 Å². The Bertz CT molecular complexity index is 998. The van der Waals surface area contributed by atoms with Crippen LogP contribution >= 0.6 is 0 Å². The number of pyridine rings is 1. The first kappa shape index (κ1) is 13.5. The summed E-state index contributed by atoms with van der Waals surface area (Å²) in [5.74, 6) is -0.256. The summed E-state index contributed by atoms with van der Waals surface area (Å²) in [6.45, 7) is 1.49. The van der Waals surface area contributed by atoms with E-state index in [-0.39, 0.29) is 11.8 Å². The fourth-order valence-electron chi connectivity index (χ4n) is 2.88. The lowest BCUT2D eigenvalue weighted by molar-refractivity contribution is -0.110. The van der Waals surface area contributed by atoms with Crippen molar-refractivity contribution < 1.29 is 9.59 Å². The number of anilines is 1. The molecular formula is C18H13N3O2. The quantitative estimate of drug-likeness (QED) is 0.702. The molecule has 1 aliphatic heterocycles. The van der Waals surface area contributed by atoms with Crippen molar-refractivity contribution >= 4 is 40.2 Å². The van der Waals surface area contributed by atoms with Crippen molar-refractivity contribution in [3.05, 3.63) is 59.9 Å². The Morgan fingerprint density at radius 3 is 2.87 bits per heavy atom. The third-order valence-corrected chi connectivity index (χ3v) is 3.94. The molecule has 0 saturated heterocycles. The summed E-state index contributed by atoms with van der Waals surface area (Å²) in [5, 5.41) is 3.69. The van der Waals surface area contributed by atoms with E-state index in [1.54, 1.807) is 12.4 Å². The Morgan fingerprint density at radius 1 is 1.22 bits per heavy atom. The van der Waals surface area contributed by atoms with Crippen molar-refractivity contribution in [3.8, 4) is 0 Å². The maximum Gasteiger partial charge on any atom is 0.256 e. The minimum absolute atomic E-state index is 0.116. The predicted molar refractivity (Wildman–Crippen MR) is 89.0 cm³/mol. The topological polar surface area (TPSA) is 64.0 Å². The average molecular weight is 303 g/mol. The van der Waals surface area contributed by atoms with Gasteiger partial charge in [-0.15, -0.1) is 0 Å². The monoisotopic (exact) mass is 303 g/mol. The second-order valence-electron chi connectivity index (χ2n) is 5.41. The fraction of sp³-hybridized carbons (Fsp3) is 0.0556. The van der Waals surface area contributed by atoms with Gasteiger partial charge >= 0.3 is 0 Å². The molecule has 1 aromatic carbocycles. The molecule has 0 aliphatic carbocycles. The van der Waals surface area contributed by atoms with Gasteiger partial charge in [0.05, 0.1) is 0 Å². The molecule has 3 heterocycles. The Labute approximate surface area is 132 Å². The fourth-order valence-corrected chi connectivity index (χ4v) is 2.88.